The molecular weight excluding hydrogens is 430 g/mol. The number of carbonyl (C=O) groups is 2. The van der Waals surface area contributed by atoms with Crippen molar-refractivity contribution in [2.45, 2.75) is 51.4 Å². The van der Waals surface area contributed by atoms with Gasteiger partial charge in [-0.25, -0.2) is 4.68 Å². The maximum atomic E-state index is 13.6. The number of benzene rings is 2. The topological polar surface area (TPSA) is 93.3 Å². The molecule has 1 fully saturated rings. The molecule has 5 rings (SSSR count). The molecule has 1 saturated carbocycles. The number of aromatic nitrogens is 3. The highest BCUT2D eigenvalue weighted by atomic mass is 16.3. The van der Waals surface area contributed by atoms with Crippen LogP contribution in [0.2, 0.25) is 0 Å². The zero-order chi connectivity index (χ0) is 23.5. The van der Waals surface area contributed by atoms with Gasteiger partial charge in [0.05, 0.1) is 18.3 Å². The van der Waals surface area contributed by atoms with Crippen LogP contribution in [-0.2, 0) is 29.1 Å². The fraction of sp³-hybridized carbons (Fsp3) is 0.308. The SMILES string of the molecule is CCc1ccc([C@H](C(=O)NCc2ccco2)N(C(=O)Cn2nnc3ccccc32)C2CC2)cc1. The molecule has 1 aliphatic carbocycles. The molecule has 1 aliphatic rings. The summed E-state index contributed by atoms with van der Waals surface area (Å²) in [7, 11) is 0. The van der Waals surface area contributed by atoms with Crippen molar-refractivity contribution in [1.29, 1.82) is 0 Å². The number of carbonyl (C=O) groups excluding carboxylic acids is 2. The van der Waals surface area contributed by atoms with E-state index in [1.165, 1.54) is 5.56 Å². The molecule has 8 nitrogen and oxygen atoms in total. The number of nitrogens with one attached hydrogen (secondary N) is 1. The monoisotopic (exact) mass is 457 g/mol. The van der Waals surface area contributed by atoms with Crippen molar-refractivity contribution in [3.8, 4) is 0 Å². The van der Waals surface area contributed by atoms with Gasteiger partial charge in [0.1, 0.15) is 23.9 Å². The number of hydrogen-bond donors (Lipinski definition) is 1. The molecule has 2 heterocycles. The molecule has 2 amide bonds. The third-order valence-electron chi connectivity index (χ3n) is 6.18. The second-order valence-electron chi connectivity index (χ2n) is 8.56. The van der Waals surface area contributed by atoms with Crippen LogP contribution in [0.15, 0.2) is 71.3 Å². The summed E-state index contributed by atoms with van der Waals surface area (Å²) in [4.78, 5) is 28.9. The van der Waals surface area contributed by atoms with Crippen LogP contribution >= 0.6 is 0 Å². The van der Waals surface area contributed by atoms with Crippen molar-refractivity contribution >= 4 is 22.8 Å². The smallest absolute Gasteiger partial charge is 0.247 e. The van der Waals surface area contributed by atoms with Gasteiger partial charge in [-0.2, -0.15) is 0 Å². The van der Waals surface area contributed by atoms with E-state index in [0.29, 0.717) is 5.76 Å². The number of hydrogen-bond acceptors (Lipinski definition) is 5. The first-order valence-corrected chi connectivity index (χ1v) is 11.6. The predicted molar refractivity (Wildman–Crippen MR) is 127 cm³/mol. The first-order valence-electron chi connectivity index (χ1n) is 11.6. The number of para-hydroxylation sites is 1. The van der Waals surface area contributed by atoms with E-state index in [4.69, 9.17) is 4.42 Å². The van der Waals surface area contributed by atoms with Gasteiger partial charge in [0.25, 0.3) is 0 Å². The Kier molecular flexibility index (Phi) is 6.12. The van der Waals surface area contributed by atoms with Crippen LogP contribution < -0.4 is 5.32 Å². The Hall–Kier alpha value is -3.94. The average molecular weight is 458 g/mol. The summed E-state index contributed by atoms with van der Waals surface area (Å²) < 4.78 is 6.97. The molecule has 0 unspecified atom stereocenters. The Balaban J connectivity index is 1.44. The summed E-state index contributed by atoms with van der Waals surface area (Å²) in [5, 5.41) is 11.3. The van der Waals surface area contributed by atoms with E-state index in [2.05, 4.69) is 22.6 Å². The van der Waals surface area contributed by atoms with Crippen molar-refractivity contribution in [3.05, 3.63) is 83.8 Å². The summed E-state index contributed by atoms with van der Waals surface area (Å²) in [5.41, 5.74) is 3.49. The predicted octanol–water partition coefficient (Wildman–Crippen LogP) is 3.64. The highest BCUT2D eigenvalue weighted by Gasteiger charge is 2.41. The number of fused-ring (bicyclic) bond motifs is 1. The lowest BCUT2D eigenvalue weighted by Gasteiger charge is -2.31. The van der Waals surface area contributed by atoms with E-state index in [1.54, 1.807) is 21.9 Å². The van der Waals surface area contributed by atoms with Gasteiger partial charge in [-0.1, -0.05) is 48.5 Å². The molecule has 0 saturated heterocycles. The molecule has 1 atom stereocenters. The summed E-state index contributed by atoms with van der Waals surface area (Å²) in [6.45, 7) is 2.37. The molecule has 1 N–H and O–H groups in total. The van der Waals surface area contributed by atoms with Crippen LogP contribution in [0.1, 0.15) is 42.7 Å². The summed E-state index contributed by atoms with van der Waals surface area (Å²) in [5.74, 6) is 0.270. The van der Waals surface area contributed by atoms with E-state index in [-0.39, 0.29) is 30.9 Å². The van der Waals surface area contributed by atoms with Crippen LogP contribution in [0, 0.1) is 0 Å². The second-order valence-corrected chi connectivity index (χ2v) is 8.56. The Morgan fingerprint density at radius 3 is 2.62 bits per heavy atom. The van der Waals surface area contributed by atoms with E-state index in [1.807, 2.05) is 54.6 Å². The minimum atomic E-state index is -0.740. The minimum absolute atomic E-state index is 0.0199. The quantitative estimate of drug-likeness (QED) is 0.414. The molecule has 2 aromatic carbocycles. The number of amides is 2. The Labute approximate surface area is 197 Å². The fourth-order valence-electron chi connectivity index (χ4n) is 4.21. The molecule has 174 valence electrons. The normalized spacial score (nSPS) is 14.1. The zero-order valence-electron chi connectivity index (χ0n) is 19.1. The van der Waals surface area contributed by atoms with Gasteiger partial charge in [0.15, 0.2) is 0 Å². The molecular formula is C26H27N5O3. The Morgan fingerprint density at radius 1 is 1.12 bits per heavy atom. The largest absolute Gasteiger partial charge is 0.467 e. The first kappa shape index (κ1) is 21.9. The van der Waals surface area contributed by atoms with Crippen LogP contribution in [0.3, 0.4) is 0 Å². The third kappa shape index (κ3) is 4.57. The van der Waals surface area contributed by atoms with Crippen molar-refractivity contribution in [3.63, 3.8) is 0 Å². The number of aryl methyl sites for hydroxylation is 1. The second kappa shape index (κ2) is 9.51. The Morgan fingerprint density at radius 2 is 1.91 bits per heavy atom. The first-order chi connectivity index (χ1) is 16.6. The summed E-state index contributed by atoms with van der Waals surface area (Å²) >= 11 is 0. The van der Waals surface area contributed by atoms with Crippen molar-refractivity contribution in [1.82, 2.24) is 25.2 Å². The summed E-state index contributed by atoms with van der Waals surface area (Å²) in [6.07, 6.45) is 4.23. The third-order valence-corrected chi connectivity index (χ3v) is 6.18. The van der Waals surface area contributed by atoms with Gasteiger partial charge in [-0.15, -0.1) is 5.10 Å². The molecule has 0 spiro atoms. The van der Waals surface area contributed by atoms with E-state index >= 15 is 0 Å². The van der Waals surface area contributed by atoms with Gasteiger partial charge in [0, 0.05) is 6.04 Å². The van der Waals surface area contributed by atoms with E-state index in [9.17, 15) is 9.59 Å². The Bertz CT molecular complexity index is 1280. The lowest BCUT2D eigenvalue weighted by Crippen LogP contribution is -2.46. The fourth-order valence-corrected chi connectivity index (χ4v) is 4.21. The van der Waals surface area contributed by atoms with Crippen LogP contribution in [-0.4, -0.2) is 37.7 Å². The van der Waals surface area contributed by atoms with Crippen LogP contribution in [0.25, 0.3) is 11.0 Å². The molecule has 0 bridgehead atoms. The van der Waals surface area contributed by atoms with Gasteiger partial charge in [0.2, 0.25) is 11.8 Å². The maximum Gasteiger partial charge on any atom is 0.247 e. The summed E-state index contributed by atoms with van der Waals surface area (Å²) in [6, 6.07) is 18.3. The van der Waals surface area contributed by atoms with Crippen molar-refractivity contribution < 1.29 is 14.0 Å². The minimum Gasteiger partial charge on any atom is -0.467 e. The molecule has 0 radical (unpaired) electrons. The number of furan rings is 1. The van der Waals surface area contributed by atoms with E-state index < -0.39 is 6.04 Å². The molecule has 34 heavy (non-hydrogen) atoms. The number of rotatable bonds is 9. The maximum absolute atomic E-state index is 13.6. The van der Waals surface area contributed by atoms with Gasteiger partial charge >= 0.3 is 0 Å². The van der Waals surface area contributed by atoms with Gasteiger partial charge < -0.3 is 14.6 Å². The van der Waals surface area contributed by atoms with Gasteiger partial charge in [-0.3, -0.25) is 9.59 Å². The van der Waals surface area contributed by atoms with Crippen LogP contribution in [0.4, 0.5) is 0 Å². The zero-order valence-corrected chi connectivity index (χ0v) is 19.1. The molecule has 8 heteroatoms. The lowest BCUT2D eigenvalue weighted by molar-refractivity contribution is -0.142. The highest BCUT2D eigenvalue weighted by Crippen LogP contribution is 2.35. The van der Waals surface area contributed by atoms with Gasteiger partial charge in [-0.05, 0) is 54.7 Å². The van der Waals surface area contributed by atoms with E-state index in [0.717, 1.165) is 35.9 Å². The highest BCUT2D eigenvalue weighted by molar-refractivity contribution is 5.89. The van der Waals surface area contributed by atoms with Crippen LogP contribution in [0.5, 0.6) is 0 Å². The molecule has 4 aromatic rings. The number of nitrogens with zero attached hydrogens (tertiary/aromatic N) is 4. The van der Waals surface area contributed by atoms with Crippen molar-refractivity contribution in [2.24, 2.45) is 0 Å². The molecule has 0 aliphatic heterocycles. The lowest BCUT2D eigenvalue weighted by atomic mass is 10.0. The molecule has 2 aromatic heterocycles. The standard InChI is InChI=1S/C26H27N5O3/c1-2-18-9-11-19(12-10-18)25(26(33)27-16-21-6-5-15-34-21)31(20-13-14-20)24(32)17-30-23-8-4-3-7-22(23)28-29-30/h3-12,15,20,25H,2,13-14,16-17H2,1H3,(H,27,33)/t25-/m1/s1. The van der Waals surface area contributed by atoms with Crippen molar-refractivity contribution in [2.75, 3.05) is 0 Å². The average Bonchev–Trinajstić information content (AvgIpc) is 3.40.